The number of nitriles is 1. The van der Waals surface area contributed by atoms with E-state index >= 15 is 0 Å². The quantitative estimate of drug-likeness (QED) is 0.768. The lowest BCUT2D eigenvalue weighted by atomic mass is 9.96. The number of thiophene rings is 1. The van der Waals surface area contributed by atoms with Gasteiger partial charge in [0.15, 0.2) is 24.8 Å². The average Bonchev–Trinajstić information content (AvgIpc) is 3.02. The van der Waals surface area contributed by atoms with E-state index < -0.39 is 30.9 Å². The molecule has 1 aromatic carbocycles. The molecule has 0 saturated heterocycles. The Labute approximate surface area is 159 Å². The number of carbonyl (C=O) groups is 2. The van der Waals surface area contributed by atoms with Crippen LogP contribution in [-0.2, 0) is 27.2 Å². The predicted molar refractivity (Wildman–Crippen MR) is 97.2 cm³/mol. The molecule has 1 aliphatic rings. The summed E-state index contributed by atoms with van der Waals surface area (Å²) in [5.41, 5.74) is 1.51. The number of hydrogen-bond donors (Lipinski definition) is 1. The van der Waals surface area contributed by atoms with Crippen LogP contribution < -0.4 is 10.1 Å². The van der Waals surface area contributed by atoms with Crippen molar-refractivity contribution in [2.24, 2.45) is 0 Å². The van der Waals surface area contributed by atoms with Crippen LogP contribution in [0, 0.1) is 17.1 Å². The lowest BCUT2D eigenvalue weighted by Crippen LogP contribution is -2.23. The Bertz CT molecular complexity index is 904. The molecule has 0 bridgehead atoms. The number of fused-ring (bicyclic) bond motifs is 1. The summed E-state index contributed by atoms with van der Waals surface area (Å²) in [6.45, 7) is -1.02. The van der Waals surface area contributed by atoms with Crippen molar-refractivity contribution in [1.82, 2.24) is 0 Å². The zero-order valence-corrected chi connectivity index (χ0v) is 15.2. The van der Waals surface area contributed by atoms with E-state index in [4.69, 9.17) is 9.47 Å². The molecule has 1 N–H and O–H groups in total. The molecule has 2 aromatic rings. The Morgan fingerprint density at radius 2 is 2.00 bits per heavy atom. The van der Waals surface area contributed by atoms with E-state index in [0.29, 0.717) is 10.6 Å². The van der Waals surface area contributed by atoms with Crippen LogP contribution in [0.2, 0.25) is 0 Å². The highest BCUT2D eigenvalue weighted by molar-refractivity contribution is 7.16. The largest absolute Gasteiger partial charge is 0.479 e. The van der Waals surface area contributed by atoms with E-state index in [2.05, 4.69) is 11.4 Å². The zero-order valence-electron chi connectivity index (χ0n) is 14.4. The molecule has 0 atom stereocenters. The van der Waals surface area contributed by atoms with E-state index in [9.17, 15) is 19.2 Å². The third-order valence-electron chi connectivity index (χ3n) is 4.08. The molecule has 140 valence electrons. The van der Waals surface area contributed by atoms with Crippen LogP contribution in [0.25, 0.3) is 0 Å². The van der Waals surface area contributed by atoms with Crippen molar-refractivity contribution >= 4 is 28.2 Å². The van der Waals surface area contributed by atoms with Crippen molar-refractivity contribution in [2.45, 2.75) is 25.7 Å². The smallest absolute Gasteiger partial charge is 0.344 e. The first-order chi connectivity index (χ1) is 13.1. The minimum Gasteiger partial charge on any atom is -0.479 e. The molecule has 0 unspecified atom stereocenters. The number of anilines is 1. The van der Waals surface area contributed by atoms with Crippen LogP contribution in [-0.4, -0.2) is 25.1 Å². The molecule has 1 aromatic heterocycles. The Morgan fingerprint density at radius 3 is 2.78 bits per heavy atom. The van der Waals surface area contributed by atoms with E-state index in [1.807, 2.05) is 0 Å². The third-order valence-corrected chi connectivity index (χ3v) is 5.29. The Kier molecular flexibility index (Phi) is 6.04. The molecule has 6 nitrogen and oxygen atoms in total. The first kappa shape index (κ1) is 18.9. The van der Waals surface area contributed by atoms with Crippen molar-refractivity contribution in [3.8, 4) is 11.8 Å². The normalized spacial score (nSPS) is 12.6. The molecule has 3 rings (SSSR count). The summed E-state index contributed by atoms with van der Waals surface area (Å²) in [7, 11) is 0. The molecular formula is C19H17FN2O4S. The lowest BCUT2D eigenvalue weighted by molar-refractivity contribution is -0.149. The minimum atomic E-state index is -0.792. The van der Waals surface area contributed by atoms with Gasteiger partial charge < -0.3 is 14.8 Å². The molecule has 1 amide bonds. The average molecular weight is 388 g/mol. The van der Waals surface area contributed by atoms with Crippen molar-refractivity contribution < 1.29 is 23.5 Å². The molecule has 0 fully saturated rings. The van der Waals surface area contributed by atoms with Crippen molar-refractivity contribution in [1.29, 1.82) is 5.26 Å². The maximum Gasteiger partial charge on any atom is 0.344 e. The van der Waals surface area contributed by atoms with Gasteiger partial charge in [0, 0.05) is 4.88 Å². The molecule has 1 aliphatic carbocycles. The molecule has 1 heterocycles. The maximum atomic E-state index is 13.4. The minimum absolute atomic E-state index is 0.0678. The number of aryl methyl sites for hydroxylation is 1. The monoisotopic (exact) mass is 388 g/mol. The van der Waals surface area contributed by atoms with Gasteiger partial charge in [0.2, 0.25) is 0 Å². The molecule has 0 radical (unpaired) electrons. The first-order valence-electron chi connectivity index (χ1n) is 8.46. The van der Waals surface area contributed by atoms with Gasteiger partial charge in [-0.1, -0.05) is 12.1 Å². The number of amides is 1. The fraction of sp³-hybridized carbons (Fsp3) is 0.316. The summed E-state index contributed by atoms with van der Waals surface area (Å²) >= 11 is 1.40. The number of nitrogens with zero attached hydrogens (tertiary/aromatic N) is 1. The van der Waals surface area contributed by atoms with Crippen LogP contribution in [0.5, 0.6) is 5.75 Å². The van der Waals surface area contributed by atoms with Gasteiger partial charge in [0.05, 0.1) is 5.56 Å². The summed E-state index contributed by atoms with van der Waals surface area (Å²) < 4.78 is 23.3. The fourth-order valence-electron chi connectivity index (χ4n) is 2.82. The van der Waals surface area contributed by atoms with E-state index in [-0.39, 0.29) is 5.75 Å². The van der Waals surface area contributed by atoms with E-state index in [1.165, 1.54) is 29.5 Å². The van der Waals surface area contributed by atoms with Gasteiger partial charge in [-0.15, -0.1) is 11.3 Å². The second kappa shape index (κ2) is 8.64. The molecule has 0 saturated carbocycles. The molecule has 8 heteroatoms. The third kappa shape index (κ3) is 4.63. The van der Waals surface area contributed by atoms with Gasteiger partial charge in [-0.25, -0.2) is 9.18 Å². The van der Waals surface area contributed by atoms with Crippen LogP contribution in [0.3, 0.4) is 0 Å². The standard InChI is InChI=1S/C19H17FN2O4S/c20-14-6-2-3-7-15(14)25-11-18(24)26-10-17(23)22-19-13(9-21)12-5-1-4-8-16(12)27-19/h2-3,6-7H,1,4-5,8,10-11H2,(H,22,23). The van der Waals surface area contributed by atoms with E-state index in [1.54, 1.807) is 6.07 Å². The Morgan fingerprint density at radius 1 is 1.22 bits per heavy atom. The van der Waals surface area contributed by atoms with Gasteiger partial charge in [0.25, 0.3) is 5.91 Å². The second-order valence-corrected chi connectivity index (χ2v) is 7.06. The molecular weight excluding hydrogens is 371 g/mol. The second-order valence-electron chi connectivity index (χ2n) is 5.95. The van der Waals surface area contributed by atoms with Crippen LogP contribution in [0.4, 0.5) is 9.39 Å². The van der Waals surface area contributed by atoms with E-state index in [0.717, 1.165) is 36.1 Å². The number of hydrogen-bond acceptors (Lipinski definition) is 6. The highest BCUT2D eigenvalue weighted by Crippen LogP contribution is 2.37. The summed E-state index contributed by atoms with van der Waals surface area (Å²) in [5, 5.41) is 12.5. The number of benzene rings is 1. The van der Waals surface area contributed by atoms with Crippen LogP contribution in [0.15, 0.2) is 24.3 Å². The van der Waals surface area contributed by atoms with Gasteiger partial charge in [-0.05, 0) is 43.4 Å². The van der Waals surface area contributed by atoms with Crippen molar-refractivity contribution in [3.63, 3.8) is 0 Å². The zero-order chi connectivity index (χ0) is 19.2. The predicted octanol–water partition coefficient (Wildman–Crippen LogP) is 3.20. The Balaban J connectivity index is 1.50. The summed E-state index contributed by atoms with van der Waals surface area (Å²) in [6.07, 6.45) is 3.86. The highest BCUT2D eigenvalue weighted by atomic mass is 32.1. The molecule has 27 heavy (non-hydrogen) atoms. The SMILES string of the molecule is N#Cc1c(NC(=O)COC(=O)COc2ccccc2F)sc2c1CCCC2. The van der Waals surface area contributed by atoms with Crippen molar-refractivity contribution in [3.05, 3.63) is 46.1 Å². The fourth-order valence-corrected chi connectivity index (χ4v) is 4.08. The maximum absolute atomic E-state index is 13.4. The number of halogens is 1. The summed E-state index contributed by atoms with van der Waals surface area (Å²) in [5.74, 6) is -1.99. The highest BCUT2D eigenvalue weighted by Gasteiger charge is 2.22. The molecule has 0 aliphatic heterocycles. The summed E-state index contributed by atoms with van der Waals surface area (Å²) in [6, 6.07) is 7.82. The topological polar surface area (TPSA) is 88.4 Å². The van der Waals surface area contributed by atoms with Crippen LogP contribution in [0.1, 0.15) is 28.8 Å². The number of ether oxygens (including phenoxy) is 2. The van der Waals surface area contributed by atoms with Crippen LogP contribution >= 0.6 is 11.3 Å². The number of rotatable bonds is 6. The molecule has 0 spiro atoms. The number of carbonyl (C=O) groups excluding carboxylic acids is 2. The van der Waals surface area contributed by atoms with Gasteiger partial charge in [-0.2, -0.15) is 5.26 Å². The Hall–Kier alpha value is -2.92. The van der Waals surface area contributed by atoms with Crippen molar-refractivity contribution in [2.75, 3.05) is 18.5 Å². The van der Waals surface area contributed by atoms with Gasteiger partial charge in [-0.3, -0.25) is 4.79 Å². The lowest BCUT2D eigenvalue weighted by Gasteiger charge is -2.09. The number of nitrogens with one attached hydrogen (secondary N) is 1. The van der Waals surface area contributed by atoms with Gasteiger partial charge in [0.1, 0.15) is 11.1 Å². The number of esters is 1. The summed E-state index contributed by atoms with van der Waals surface area (Å²) in [4.78, 5) is 24.8. The number of para-hydroxylation sites is 1. The van der Waals surface area contributed by atoms with Gasteiger partial charge >= 0.3 is 5.97 Å². The first-order valence-corrected chi connectivity index (χ1v) is 9.27.